The van der Waals surface area contributed by atoms with Gasteiger partial charge in [-0.1, -0.05) is 52.0 Å². The molecule has 0 aromatic heterocycles. The summed E-state index contributed by atoms with van der Waals surface area (Å²) < 4.78 is 0. The summed E-state index contributed by atoms with van der Waals surface area (Å²) in [4.78, 5) is 0. The Labute approximate surface area is 167 Å². The van der Waals surface area contributed by atoms with Crippen LogP contribution in [0.3, 0.4) is 0 Å². The Hall–Kier alpha value is -0.560. The van der Waals surface area contributed by atoms with Gasteiger partial charge in [-0.25, -0.2) is 0 Å². The molecule has 152 valence electrons. The molecular formula is C26H42O. The quantitative estimate of drug-likeness (QED) is 0.541. The number of hydrogen-bond acceptors (Lipinski definition) is 1. The molecule has 0 saturated heterocycles. The molecule has 4 aliphatic carbocycles. The second kappa shape index (κ2) is 7.36. The summed E-state index contributed by atoms with van der Waals surface area (Å²) in [5, 5.41) is 10.2. The first-order valence-electron chi connectivity index (χ1n) is 11.9. The summed E-state index contributed by atoms with van der Waals surface area (Å²) in [6, 6.07) is 0. The van der Waals surface area contributed by atoms with Crippen LogP contribution in [0.1, 0.15) is 85.5 Å². The highest BCUT2D eigenvalue weighted by Crippen LogP contribution is 2.66. The van der Waals surface area contributed by atoms with Gasteiger partial charge in [0.25, 0.3) is 0 Å². The van der Waals surface area contributed by atoms with Crippen molar-refractivity contribution in [3.63, 3.8) is 0 Å². The predicted octanol–water partition coefficient (Wildman–Crippen LogP) is 6.77. The molecule has 0 heterocycles. The summed E-state index contributed by atoms with van der Waals surface area (Å²) in [7, 11) is 0. The fourth-order valence-corrected chi connectivity index (χ4v) is 7.72. The summed E-state index contributed by atoms with van der Waals surface area (Å²) in [6.07, 6.45) is 21.5. The van der Waals surface area contributed by atoms with E-state index in [1.165, 1.54) is 44.9 Å². The zero-order valence-electron chi connectivity index (χ0n) is 18.2. The fraction of sp³-hybridized carbons (Fsp3) is 0.846. The van der Waals surface area contributed by atoms with E-state index in [0.717, 1.165) is 42.4 Å². The van der Waals surface area contributed by atoms with Gasteiger partial charge in [-0.05, 0) is 104 Å². The molecule has 0 aromatic carbocycles. The normalized spacial score (nSPS) is 49.3. The van der Waals surface area contributed by atoms with E-state index in [9.17, 15) is 5.11 Å². The van der Waals surface area contributed by atoms with Crippen molar-refractivity contribution in [2.45, 2.75) is 91.6 Å². The largest absolute Gasteiger partial charge is 0.393 e. The molecule has 8 atom stereocenters. The second-order valence-electron chi connectivity index (χ2n) is 11.4. The van der Waals surface area contributed by atoms with Crippen LogP contribution in [-0.2, 0) is 0 Å². The first-order valence-corrected chi connectivity index (χ1v) is 11.9. The average Bonchev–Trinajstić information content (AvgIpc) is 2.96. The lowest BCUT2D eigenvalue weighted by atomic mass is 9.46. The lowest BCUT2D eigenvalue weighted by molar-refractivity contribution is -0.0767. The van der Waals surface area contributed by atoms with Gasteiger partial charge in [-0.2, -0.15) is 0 Å². The number of hydrogen-bond donors (Lipinski definition) is 1. The Balaban J connectivity index is 1.50. The van der Waals surface area contributed by atoms with Gasteiger partial charge in [0.1, 0.15) is 0 Å². The van der Waals surface area contributed by atoms with E-state index in [2.05, 4.69) is 52.0 Å². The molecule has 4 aliphatic rings. The van der Waals surface area contributed by atoms with Crippen molar-refractivity contribution >= 4 is 0 Å². The Morgan fingerprint density at radius 2 is 1.70 bits per heavy atom. The van der Waals surface area contributed by atoms with Gasteiger partial charge in [-0.3, -0.25) is 0 Å². The summed E-state index contributed by atoms with van der Waals surface area (Å²) in [5.41, 5.74) is 0.986. The minimum absolute atomic E-state index is 0.0633. The molecule has 1 heteroatoms. The summed E-state index contributed by atoms with van der Waals surface area (Å²) in [5.74, 6) is 4.82. The third-order valence-electron chi connectivity index (χ3n) is 9.53. The SMILES string of the molecule is CC(C)C/C=C/C[C@H]1CCC2C3C=CC4CC(O)CCC4(C)C3CCC21C. The standard InChI is InChI=1S/C26H42O/c1-18(2)7-5-6-8-19-10-12-23-22-11-9-20-17-21(27)13-15-26(20,4)24(22)14-16-25(19,23)3/h5-6,9,11,18-24,27H,7-8,10,12-17H2,1-4H3/b6-5+/t19-,20?,21?,22?,23?,24?,25?,26?/m0/s1. The third-order valence-corrected chi connectivity index (χ3v) is 9.53. The van der Waals surface area contributed by atoms with Crippen LogP contribution >= 0.6 is 0 Å². The Morgan fingerprint density at radius 1 is 0.963 bits per heavy atom. The summed E-state index contributed by atoms with van der Waals surface area (Å²) in [6.45, 7) is 9.82. The lowest BCUT2D eigenvalue weighted by Gasteiger charge is -2.58. The highest BCUT2D eigenvalue weighted by molar-refractivity contribution is 5.18. The van der Waals surface area contributed by atoms with E-state index in [1.54, 1.807) is 0 Å². The van der Waals surface area contributed by atoms with Crippen LogP contribution in [0.25, 0.3) is 0 Å². The molecule has 0 aliphatic heterocycles. The maximum atomic E-state index is 10.2. The van der Waals surface area contributed by atoms with Crippen molar-refractivity contribution in [2.75, 3.05) is 0 Å². The lowest BCUT2D eigenvalue weighted by Crippen LogP contribution is -2.52. The topological polar surface area (TPSA) is 20.2 Å². The molecule has 1 N–H and O–H groups in total. The van der Waals surface area contributed by atoms with Crippen LogP contribution in [-0.4, -0.2) is 11.2 Å². The van der Waals surface area contributed by atoms with E-state index in [4.69, 9.17) is 0 Å². The highest BCUT2D eigenvalue weighted by Gasteiger charge is 2.58. The maximum Gasteiger partial charge on any atom is 0.0546 e. The molecule has 0 radical (unpaired) electrons. The van der Waals surface area contributed by atoms with Gasteiger partial charge in [0.2, 0.25) is 0 Å². The molecule has 0 amide bonds. The molecular weight excluding hydrogens is 328 g/mol. The van der Waals surface area contributed by atoms with Crippen LogP contribution in [0.15, 0.2) is 24.3 Å². The van der Waals surface area contributed by atoms with E-state index in [-0.39, 0.29) is 6.10 Å². The molecule has 7 unspecified atom stereocenters. The number of aliphatic hydroxyl groups excluding tert-OH is 1. The van der Waals surface area contributed by atoms with Gasteiger partial charge in [0, 0.05) is 0 Å². The van der Waals surface area contributed by atoms with Crippen LogP contribution in [0.4, 0.5) is 0 Å². The molecule has 3 saturated carbocycles. The Morgan fingerprint density at radius 3 is 2.48 bits per heavy atom. The van der Waals surface area contributed by atoms with Crippen LogP contribution in [0.5, 0.6) is 0 Å². The van der Waals surface area contributed by atoms with Crippen molar-refractivity contribution < 1.29 is 5.11 Å². The van der Waals surface area contributed by atoms with E-state index >= 15 is 0 Å². The van der Waals surface area contributed by atoms with E-state index < -0.39 is 0 Å². The predicted molar refractivity (Wildman–Crippen MR) is 114 cm³/mol. The Kier molecular flexibility index (Phi) is 5.38. The average molecular weight is 371 g/mol. The van der Waals surface area contributed by atoms with Crippen molar-refractivity contribution in [1.82, 2.24) is 0 Å². The number of rotatable bonds is 4. The summed E-state index contributed by atoms with van der Waals surface area (Å²) >= 11 is 0. The van der Waals surface area contributed by atoms with Gasteiger partial charge >= 0.3 is 0 Å². The smallest absolute Gasteiger partial charge is 0.0546 e. The number of allylic oxidation sites excluding steroid dienone is 4. The van der Waals surface area contributed by atoms with Crippen molar-refractivity contribution in [3.05, 3.63) is 24.3 Å². The van der Waals surface area contributed by atoms with Gasteiger partial charge in [-0.15, -0.1) is 0 Å². The number of fused-ring (bicyclic) bond motifs is 5. The van der Waals surface area contributed by atoms with E-state index in [0.29, 0.717) is 16.7 Å². The van der Waals surface area contributed by atoms with Gasteiger partial charge in [0.15, 0.2) is 0 Å². The maximum absolute atomic E-state index is 10.2. The Bertz CT molecular complexity index is 589. The van der Waals surface area contributed by atoms with Crippen LogP contribution in [0.2, 0.25) is 0 Å². The van der Waals surface area contributed by atoms with Gasteiger partial charge in [0.05, 0.1) is 6.10 Å². The van der Waals surface area contributed by atoms with Crippen LogP contribution < -0.4 is 0 Å². The van der Waals surface area contributed by atoms with Crippen molar-refractivity contribution in [3.8, 4) is 0 Å². The minimum Gasteiger partial charge on any atom is -0.393 e. The minimum atomic E-state index is -0.0633. The fourth-order valence-electron chi connectivity index (χ4n) is 7.72. The zero-order chi connectivity index (χ0) is 19.2. The molecule has 4 rings (SSSR count). The monoisotopic (exact) mass is 370 g/mol. The molecule has 27 heavy (non-hydrogen) atoms. The second-order valence-corrected chi connectivity index (χ2v) is 11.4. The van der Waals surface area contributed by atoms with Crippen molar-refractivity contribution in [1.29, 1.82) is 0 Å². The molecule has 0 aromatic rings. The first-order chi connectivity index (χ1) is 12.8. The van der Waals surface area contributed by atoms with Gasteiger partial charge < -0.3 is 5.11 Å². The van der Waals surface area contributed by atoms with Crippen molar-refractivity contribution in [2.24, 2.45) is 46.3 Å². The molecule has 3 fully saturated rings. The first kappa shape index (κ1) is 19.7. The number of aliphatic hydroxyl groups is 1. The molecule has 1 nitrogen and oxygen atoms in total. The molecule has 0 bridgehead atoms. The highest BCUT2D eigenvalue weighted by atomic mass is 16.3. The third kappa shape index (κ3) is 3.37. The molecule has 0 spiro atoms. The van der Waals surface area contributed by atoms with E-state index in [1.807, 2.05) is 0 Å². The zero-order valence-corrected chi connectivity index (χ0v) is 18.2. The van der Waals surface area contributed by atoms with Crippen LogP contribution in [0, 0.1) is 46.3 Å².